The first-order valence-electron chi connectivity index (χ1n) is 8.36. The molecule has 0 fully saturated rings. The quantitative estimate of drug-likeness (QED) is 0.467. The minimum Gasteiger partial charge on any atom is -0.449 e. The van der Waals surface area contributed by atoms with Crippen molar-refractivity contribution in [2.45, 2.75) is 32.8 Å². The lowest BCUT2D eigenvalue weighted by molar-refractivity contribution is 0.0279. The van der Waals surface area contributed by atoms with E-state index in [1.165, 1.54) is 17.5 Å². The second-order valence-electron chi connectivity index (χ2n) is 6.27. The monoisotopic (exact) mass is 384 g/mol. The highest BCUT2D eigenvalue weighted by atomic mass is 32.1. The molecule has 0 radical (unpaired) electrons. The number of ether oxygens (including phenoxy) is 1. The van der Waals surface area contributed by atoms with Gasteiger partial charge in [-0.25, -0.2) is 9.78 Å². The van der Waals surface area contributed by atoms with Crippen LogP contribution in [0.1, 0.15) is 54.7 Å². The van der Waals surface area contributed by atoms with Gasteiger partial charge in [0.15, 0.2) is 6.10 Å². The zero-order valence-corrected chi connectivity index (χ0v) is 15.7. The first-order chi connectivity index (χ1) is 13.0. The number of thiophene rings is 1. The van der Waals surface area contributed by atoms with E-state index in [9.17, 15) is 4.79 Å². The number of fused-ring (bicyclic) bond motifs is 1. The maximum Gasteiger partial charge on any atom is 0.340 e. The van der Waals surface area contributed by atoms with Gasteiger partial charge < -0.3 is 13.7 Å². The number of carbonyl (C=O) groups is 1. The Balaban J connectivity index is 1.53. The lowest BCUT2D eigenvalue weighted by atomic mass is 10.1. The summed E-state index contributed by atoms with van der Waals surface area (Å²) < 4.78 is 16.2. The van der Waals surface area contributed by atoms with Gasteiger partial charge in [-0.15, -0.1) is 21.5 Å². The lowest BCUT2D eigenvalue weighted by Gasteiger charge is -2.09. The summed E-state index contributed by atoms with van der Waals surface area (Å²) in [6, 6.07) is 5.45. The number of rotatable bonds is 5. The average molecular weight is 384 g/mol. The van der Waals surface area contributed by atoms with Gasteiger partial charge in [0.25, 0.3) is 17.5 Å². The fourth-order valence-electron chi connectivity index (χ4n) is 2.56. The van der Waals surface area contributed by atoms with Crippen LogP contribution in [0.15, 0.2) is 38.7 Å². The Bertz CT molecular complexity index is 1080. The first kappa shape index (κ1) is 17.3. The molecule has 1 unspecified atom stereocenters. The van der Waals surface area contributed by atoms with Gasteiger partial charge in [0.2, 0.25) is 0 Å². The fourth-order valence-corrected chi connectivity index (χ4v) is 3.20. The number of esters is 1. The van der Waals surface area contributed by atoms with E-state index in [0.717, 1.165) is 10.6 Å². The Labute approximate surface area is 158 Å². The highest BCUT2D eigenvalue weighted by Crippen LogP contribution is 2.27. The standard InChI is InChI=1S/C18H16N4O4S/c1-9(2)14-12-7-11(8-19-16(12)26-22-14)18(23)24-10(3)15-20-21-17(25-15)13-5-4-6-27-13/h4-10H,1-3H3. The summed E-state index contributed by atoms with van der Waals surface area (Å²) in [5.41, 5.74) is 1.44. The zero-order valence-electron chi connectivity index (χ0n) is 14.9. The van der Waals surface area contributed by atoms with E-state index in [0.29, 0.717) is 22.6 Å². The Morgan fingerprint density at radius 3 is 2.85 bits per heavy atom. The molecule has 4 rings (SSSR count). The number of hydrogen-bond donors (Lipinski definition) is 0. The maximum atomic E-state index is 12.5. The van der Waals surface area contributed by atoms with Crippen molar-refractivity contribution >= 4 is 28.4 Å². The maximum absolute atomic E-state index is 12.5. The molecule has 0 saturated carbocycles. The van der Waals surface area contributed by atoms with E-state index >= 15 is 0 Å². The largest absolute Gasteiger partial charge is 0.449 e. The van der Waals surface area contributed by atoms with Crippen LogP contribution in [0, 0.1) is 0 Å². The van der Waals surface area contributed by atoms with E-state index in [1.807, 2.05) is 31.4 Å². The van der Waals surface area contributed by atoms with E-state index in [1.54, 1.807) is 13.0 Å². The Morgan fingerprint density at radius 2 is 2.11 bits per heavy atom. The lowest BCUT2D eigenvalue weighted by Crippen LogP contribution is -2.10. The SMILES string of the molecule is CC(C)c1noc2ncc(C(=O)OC(C)c3nnc(-c4cccs4)o3)cc12. The van der Waals surface area contributed by atoms with Gasteiger partial charge in [-0.3, -0.25) is 0 Å². The summed E-state index contributed by atoms with van der Waals surface area (Å²) in [5.74, 6) is 0.238. The summed E-state index contributed by atoms with van der Waals surface area (Å²) in [7, 11) is 0. The van der Waals surface area contributed by atoms with E-state index < -0.39 is 12.1 Å². The number of carbonyl (C=O) groups excluding carboxylic acids is 1. The topological polar surface area (TPSA) is 104 Å². The highest BCUT2D eigenvalue weighted by Gasteiger charge is 2.22. The molecule has 0 aromatic carbocycles. The molecular weight excluding hydrogens is 368 g/mol. The predicted molar refractivity (Wildman–Crippen MR) is 97.3 cm³/mol. The van der Waals surface area contributed by atoms with Crippen molar-refractivity contribution < 1.29 is 18.5 Å². The summed E-state index contributed by atoms with van der Waals surface area (Å²) in [5, 5.41) is 14.6. The molecule has 1 atom stereocenters. The van der Waals surface area contributed by atoms with Crippen LogP contribution < -0.4 is 0 Å². The molecule has 138 valence electrons. The normalized spacial score (nSPS) is 12.6. The second kappa shape index (κ2) is 6.92. The van der Waals surface area contributed by atoms with Gasteiger partial charge in [0.05, 0.1) is 21.5 Å². The third-order valence-corrected chi connectivity index (χ3v) is 4.80. The van der Waals surface area contributed by atoms with Crippen molar-refractivity contribution in [1.29, 1.82) is 0 Å². The molecule has 27 heavy (non-hydrogen) atoms. The molecule has 0 N–H and O–H groups in total. The fraction of sp³-hybridized carbons (Fsp3) is 0.278. The Morgan fingerprint density at radius 1 is 1.26 bits per heavy atom. The third kappa shape index (κ3) is 3.33. The van der Waals surface area contributed by atoms with Gasteiger partial charge in [0, 0.05) is 6.20 Å². The van der Waals surface area contributed by atoms with Crippen LogP contribution in [0.5, 0.6) is 0 Å². The summed E-state index contributed by atoms with van der Waals surface area (Å²) in [6.45, 7) is 5.66. The van der Waals surface area contributed by atoms with Gasteiger partial charge in [-0.05, 0) is 30.4 Å². The molecule has 8 nitrogen and oxygen atoms in total. The molecule has 4 heterocycles. The van der Waals surface area contributed by atoms with Crippen LogP contribution >= 0.6 is 11.3 Å². The van der Waals surface area contributed by atoms with Crippen molar-refractivity contribution in [1.82, 2.24) is 20.3 Å². The smallest absolute Gasteiger partial charge is 0.340 e. The predicted octanol–water partition coefficient (Wildman–Crippen LogP) is 4.38. The van der Waals surface area contributed by atoms with Crippen LogP contribution in [-0.2, 0) is 4.74 Å². The Hall–Kier alpha value is -3.07. The van der Waals surface area contributed by atoms with Crippen LogP contribution in [0.3, 0.4) is 0 Å². The van der Waals surface area contributed by atoms with Gasteiger partial charge >= 0.3 is 5.97 Å². The van der Waals surface area contributed by atoms with Crippen molar-refractivity contribution in [3.63, 3.8) is 0 Å². The molecular formula is C18H16N4O4S. The van der Waals surface area contributed by atoms with Crippen molar-refractivity contribution in [2.75, 3.05) is 0 Å². The Kier molecular flexibility index (Phi) is 4.44. The molecule has 4 aromatic heterocycles. The van der Waals surface area contributed by atoms with Gasteiger partial charge in [-0.2, -0.15) is 0 Å². The van der Waals surface area contributed by atoms with Crippen LogP contribution in [0.25, 0.3) is 21.9 Å². The van der Waals surface area contributed by atoms with Gasteiger partial charge in [-0.1, -0.05) is 25.1 Å². The van der Waals surface area contributed by atoms with E-state index in [2.05, 4.69) is 20.3 Å². The minimum atomic E-state index is -0.693. The molecule has 0 aliphatic heterocycles. The molecule has 0 aliphatic carbocycles. The van der Waals surface area contributed by atoms with Crippen molar-refractivity contribution in [3.8, 4) is 10.8 Å². The minimum absolute atomic E-state index is 0.146. The molecule has 0 aliphatic rings. The van der Waals surface area contributed by atoms with E-state index in [4.69, 9.17) is 13.7 Å². The second-order valence-corrected chi connectivity index (χ2v) is 7.22. The molecule has 4 aromatic rings. The van der Waals surface area contributed by atoms with Crippen LogP contribution in [-0.4, -0.2) is 26.3 Å². The summed E-state index contributed by atoms with van der Waals surface area (Å²) >= 11 is 1.49. The zero-order chi connectivity index (χ0) is 19.0. The summed E-state index contributed by atoms with van der Waals surface area (Å²) in [4.78, 5) is 17.5. The number of pyridine rings is 1. The number of nitrogens with zero attached hydrogens (tertiary/aromatic N) is 4. The number of hydrogen-bond acceptors (Lipinski definition) is 9. The molecule has 9 heteroatoms. The summed E-state index contributed by atoms with van der Waals surface area (Å²) in [6.07, 6.45) is 0.707. The molecule has 0 bridgehead atoms. The molecule has 0 amide bonds. The number of aromatic nitrogens is 4. The first-order valence-corrected chi connectivity index (χ1v) is 9.24. The highest BCUT2D eigenvalue weighted by molar-refractivity contribution is 7.13. The van der Waals surface area contributed by atoms with E-state index in [-0.39, 0.29) is 11.8 Å². The van der Waals surface area contributed by atoms with Crippen molar-refractivity contribution in [2.24, 2.45) is 0 Å². The van der Waals surface area contributed by atoms with Gasteiger partial charge in [0.1, 0.15) is 0 Å². The average Bonchev–Trinajstić information content (AvgIpc) is 3.39. The molecule has 0 saturated heterocycles. The van der Waals surface area contributed by atoms with Crippen molar-refractivity contribution in [3.05, 3.63) is 46.9 Å². The van der Waals surface area contributed by atoms with Crippen LogP contribution in [0.2, 0.25) is 0 Å². The molecule has 0 spiro atoms. The third-order valence-electron chi connectivity index (χ3n) is 3.94. The van der Waals surface area contributed by atoms with Crippen LogP contribution in [0.4, 0.5) is 0 Å².